The Labute approximate surface area is 154 Å². The number of hydrogen-bond donors (Lipinski definition) is 1. The van der Waals surface area contributed by atoms with Gasteiger partial charge >= 0.3 is 5.97 Å². The van der Waals surface area contributed by atoms with Crippen molar-refractivity contribution in [2.75, 3.05) is 0 Å². The summed E-state index contributed by atoms with van der Waals surface area (Å²) < 4.78 is 10.7. The van der Waals surface area contributed by atoms with E-state index in [1.54, 1.807) is 0 Å². The standard InChI is InChI=1S/C20H21NO3S/c1-6-13-11-16(21-12-15(13)19(22)23-7-2)14-9-8-10-17(25)18(14)24-20(3,4)5/h2,8-12,25H,6H2,1,3-5H3. The van der Waals surface area contributed by atoms with Crippen molar-refractivity contribution in [2.45, 2.75) is 44.6 Å². The van der Waals surface area contributed by atoms with E-state index in [0.29, 0.717) is 23.4 Å². The van der Waals surface area contributed by atoms with Crippen LogP contribution in [0.3, 0.4) is 0 Å². The van der Waals surface area contributed by atoms with Crippen LogP contribution < -0.4 is 4.74 Å². The molecular formula is C20H21NO3S. The van der Waals surface area contributed by atoms with E-state index in [9.17, 15) is 4.79 Å². The van der Waals surface area contributed by atoms with Crippen LogP contribution in [0.1, 0.15) is 43.6 Å². The van der Waals surface area contributed by atoms with Crippen LogP contribution in [0.15, 0.2) is 35.4 Å². The van der Waals surface area contributed by atoms with Crippen molar-refractivity contribution >= 4 is 18.6 Å². The zero-order valence-electron chi connectivity index (χ0n) is 14.8. The quantitative estimate of drug-likeness (QED) is 0.497. The highest BCUT2D eigenvalue weighted by Gasteiger charge is 2.20. The Bertz CT molecular complexity index is 832. The number of rotatable bonds is 4. The second-order valence-electron chi connectivity index (χ2n) is 6.46. The van der Waals surface area contributed by atoms with E-state index in [0.717, 1.165) is 16.0 Å². The molecule has 130 valence electrons. The molecule has 0 atom stereocenters. The molecule has 0 bridgehead atoms. The summed E-state index contributed by atoms with van der Waals surface area (Å²) >= 11 is 4.51. The lowest BCUT2D eigenvalue weighted by Crippen LogP contribution is -2.23. The fourth-order valence-electron chi connectivity index (χ4n) is 2.37. The normalized spacial score (nSPS) is 10.9. The van der Waals surface area contributed by atoms with E-state index in [1.807, 2.05) is 58.1 Å². The first-order chi connectivity index (χ1) is 11.8. The molecule has 0 aliphatic carbocycles. The Balaban J connectivity index is 2.55. The van der Waals surface area contributed by atoms with E-state index in [1.165, 1.54) is 6.20 Å². The van der Waals surface area contributed by atoms with Gasteiger partial charge < -0.3 is 9.47 Å². The fraction of sp³-hybridized carbons (Fsp3) is 0.300. The van der Waals surface area contributed by atoms with Crippen LogP contribution >= 0.6 is 12.6 Å². The van der Waals surface area contributed by atoms with Gasteiger partial charge in [0, 0.05) is 16.7 Å². The number of ether oxygens (including phenoxy) is 2. The van der Waals surface area contributed by atoms with Gasteiger partial charge in [0.2, 0.25) is 0 Å². The average Bonchev–Trinajstić information content (AvgIpc) is 2.55. The molecule has 0 aliphatic heterocycles. The predicted molar refractivity (Wildman–Crippen MR) is 101 cm³/mol. The van der Waals surface area contributed by atoms with Crippen LogP contribution in [0.2, 0.25) is 0 Å². The van der Waals surface area contributed by atoms with Gasteiger partial charge in [0.05, 0.1) is 11.3 Å². The van der Waals surface area contributed by atoms with Gasteiger partial charge in [-0.15, -0.1) is 12.6 Å². The number of terminal acetylenes is 1. The number of pyridine rings is 1. The van der Waals surface area contributed by atoms with Crippen LogP contribution in [0.25, 0.3) is 11.3 Å². The Hall–Kier alpha value is -2.45. The molecule has 4 nitrogen and oxygen atoms in total. The third kappa shape index (κ3) is 4.55. The summed E-state index contributed by atoms with van der Waals surface area (Å²) in [6.07, 6.45) is 9.06. The molecule has 5 heteroatoms. The smallest absolute Gasteiger partial charge is 0.353 e. The lowest BCUT2D eigenvalue weighted by atomic mass is 10.0. The van der Waals surface area contributed by atoms with Gasteiger partial charge in [-0.25, -0.2) is 4.79 Å². The fourth-order valence-corrected chi connectivity index (χ4v) is 2.62. The molecule has 1 aromatic heterocycles. The van der Waals surface area contributed by atoms with Gasteiger partial charge in [0.15, 0.2) is 0 Å². The van der Waals surface area contributed by atoms with E-state index in [2.05, 4.69) is 22.3 Å². The topological polar surface area (TPSA) is 48.4 Å². The van der Waals surface area contributed by atoms with Gasteiger partial charge in [-0.05, 0) is 51.0 Å². The summed E-state index contributed by atoms with van der Waals surface area (Å²) in [6, 6.07) is 7.53. The zero-order valence-corrected chi connectivity index (χ0v) is 15.7. The average molecular weight is 355 g/mol. The second-order valence-corrected chi connectivity index (χ2v) is 6.94. The molecule has 25 heavy (non-hydrogen) atoms. The zero-order chi connectivity index (χ0) is 18.6. The van der Waals surface area contributed by atoms with Crippen molar-refractivity contribution in [1.29, 1.82) is 0 Å². The lowest BCUT2D eigenvalue weighted by Gasteiger charge is -2.24. The van der Waals surface area contributed by atoms with Crippen molar-refractivity contribution < 1.29 is 14.3 Å². The number of aryl methyl sites for hydroxylation is 1. The third-order valence-corrected chi connectivity index (χ3v) is 3.77. The maximum atomic E-state index is 11.9. The number of carbonyl (C=O) groups excluding carboxylic acids is 1. The maximum Gasteiger partial charge on any atom is 0.353 e. The van der Waals surface area contributed by atoms with E-state index in [4.69, 9.17) is 11.2 Å². The summed E-state index contributed by atoms with van der Waals surface area (Å²) in [4.78, 5) is 17.1. The molecule has 0 fully saturated rings. The van der Waals surface area contributed by atoms with Crippen LogP contribution in [0.5, 0.6) is 5.75 Å². The van der Waals surface area contributed by atoms with Gasteiger partial charge in [0.25, 0.3) is 0 Å². The first-order valence-electron chi connectivity index (χ1n) is 7.94. The molecule has 0 N–H and O–H groups in total. The number of para-hydroxylation sites is 1. The van der Waals surface area contributed by atoms with Crippen molar-refractivity contribution in [3.05, 3.63) is 41.6 Å². The molecule has 0 spiro atoms. The van der Waals surface area contributed by atoms with Crippen molar-refractivity contribution in [1.82, 2.24) is 4.98 Å². The maximum absolute atomic E-state index is 11.9. The van der Waals surface area contributed by atoms with Crippen molar-refractivity contribution in [3.8, 4) is 29.5 Å². The van der Waals surface area contributed by atoms with E-state index >= 15 is 0 Å². The molecule has 0 unspecified atom stereocenters. The van der Waals surface area contributed by atoms with E-state index < -0.39 is 5.97 Å². The Morgan fingerprint density at radius 2 is 2.08 bits per heavy atom. The van der Waals surface area contributed by atoms with Gasteiger partial charge in [-0.2, -0.15) is 0 Å². The van der Waals surface area contributed by atoms with E-state index in [-0.39, 0.29) is 5.60 Å². The Morgan fingerprint density at radius 1 is 1.36 bits per heavy atom. The lowest BCUT2D eigenvalue weighted by molar-refractivity contribution is 0.0689. The largest absolute Gasteiger partial charge is 0.486 e. The molecule has 0 saturated carbocycles. The SMILES string of the molecule is C#COC(=O)c1cnc(-c2cccc(S)c2OC(C)(C)C)cc1CC. The second kappa shape index (κ2) is 7.62. The minimum absolute atomic E-state index is 0.365. The minimum atomic E-state index is -0.576. The molecular weight excluding hydrogens is 334 g/mol. The summed E-state index contributed by atoms with van der Waals surface area (Å²) in [5.74, 6) is 0.0827. The molecule has 0 radical (unpaired) electrons. The summed E-state index contributed by atoms with van der Waals surface area (Å²) in [5, 5.41) is 0. The summed E-state index contributed by atoms with van der Waals surface area (Å²) in [6.45, 7) is 7.87. The minimum Gasteiger partial charge on any atom is -0.486 e. The van der Waals surface area contributed by atoms with Gasteiger partial charge in [0.1, 0.15) is 17.5 Å². The molecule has 2 rings (SSSR count). The van der Waals surface area contributed by atoms with Gasteiger partial charge in [-0.1, -0.05) is 19.4 Å². The number of carbonyl (C=O) groups is 1. The van der Waals surface area contributed by atoms with Crippen molar-refractivity contribution in [3.63, 3.8) is 0 Å². The monoisotopic (exact) mass is 355 g/mol. The first kappa shape index (κ1) is 18.9. The first-order valence-corrected chi connectivity index (χ1v) is 8.38. The molecule has 1 aromatic carbocycles. The summed E-state index contributed by atoms with van der Waals surface area (Å²) in [7, 11) is 0. The molecule has 0 saturated heterocycles. The number of aromatic nitrogens is 1. The molecule has 2 aromatic rings. The van der Waals surface area contributed by atoms with Crippen LogP contribution in [-0.2, 0) is 11.2 Å². The van der Waals surface area contributed by atoms with Gasteiger partial charge in [-0.3, -0.25) is 4.98 Å². The summed E-state index contributed by atoms with van der Waals surface area (Å²) in [5.41, 5.74) is 2.30. The van der Waals surface area contributed by atoms with Crippen LogP contribution in [0, 0.1) is 12.5 Å². The highest BCUT2D eigenvalue weighted by Crippen LogP contribution is 2.37. The number of hydrogen-bond acceptors (Lipinski definition) is 5. The van der Waals surface area contributed by atoms with Crippen LogP contribution in [-0.4, -0.2) is 16.6 Å². The number of thiol groups is 1. The third-order valence-electron chi connectivity index (χ3n) is 3.42. The number of esters is 1. The molecule has 0 aliphatic rings. The van der Waals surface area contributed by atoms with Crippen LogP contribution in [0.4, 0.5) is 0 Å². The number of benzene rings is 1. The Morgan fingerprint density at radius 3 is 2.68 bits per heavy atom. The van der Waals surface area contributed by atoms with Crippen molar-refractivity contribution in [2.24, 2.45) is 0 Å². The molecule has 0 amide bonds. The predicted octanol–water partition coefficient (Wildman–Crippen LogP) is 4.52. The highest BCUT2D eigenvalue weighted by atomic mass is 32.1. The highest BCUT2D eigenvalue weighted by molar-refractivity contribution is 7.80. The number of nitrogens with zero attached hydrogens (tertiary/aromatic N) is 1. The molecule has 1 heterocycles. The Kier molecular flexibility index (Phi) is 5.76.